The van der Waals surface area contributed by atoms with Gasteiger partial charge < -0.3 is 0 Å². The maximum Gasteiger partial charge on any atom is 0.242 e. The van der Waals surface area contributed by atoms with Crippen molar-refractivity contribution in [3.63, 3.8) is 0 Å². The van der Waals surface area contributed by atoms with E-state index in [4.69, 9.17) is 0 Å². The predicted octanol–water partition coefficient (Wildman–Crippen LogP) is 2.82. The van der Waals surface area contributed by atoms with Crippen molar-refractivity contribution < 1.29 is 8.42 Å². The Bertz CT molecular complexity index is 483. The second-order valence-corrected chi connectivity index (χ2v) is 7.86. The second-order valence-electron chi connectivity index (χ2n) is 4.29. The molecule has 0 heterocycles. The molecular weight excluding hydrogens is 302 g/mol. The van der Waals surface area contributed by atoms with Crippen LogP contribution in [0.3, 0.4) is 0 Å². The van der Waals surface area contributed by atoms with Gasteiger partial charge in [-0.05, 0) is 17.5 Å². The van der Waals surface area contributed by atoms with Crippen LogP contribution in [-0.2, 0) is 10.0 Å². The lowest BCUT2D eigenvalue weighted by Crippen LogP contribution is -2.24. The maximum atomic E-state index is 12.2. The minimum absolute atomic E-state index is 0.140. The van der Waals surface area contributed by atoms with Crippen LogP contribution in [0.5, 0.6) is 0 Å². The maximum absolute atomic E-state index is 12.2. The van der Waals surface area contributed by atoms with Crippen LogP contribution in [0.25, 0.3) is 0 Å². The van der Waals surface area contributed by atoms with Crippen molar-refractivity contribution in [2.24, 2.45) is 0 Å². The summed E-state index contributed by atoms with van der Waals surface area (Å²) >= 11 is 3.51. The van der Waals surface area contributed by atoms with Gasteiger partial charge in [0.1, 0.15) is 0 Å². The number of hydrogen-bond acceptors (Lipinski definition) is 2. The quantitative estimate of drug-likeness (QED) is 0.800. The Morgan fingerprint density at radius 1 is 1.18 bits per heavy atom. The number of rotatable bonds is 4. The molecule has 0 saturated carbocycles. The molecule has 0 bridgehead atoms. The van der Waals surface area contributed by atoms with Crippen molar-refractivity contribution in [2.75, 3.05) is 14.1 Å². The minimum atomic E-state index is -3.37. The highest BCUT2D eigenvalue weighted by Crippen LogP contribution is 2.30. The molecule has 0 aliphatic carbocycles. The number of hydrogen-bond donors (Lipinski definition) is 0. The number of benzene rings is 1. The highest BCUT2D eigenvalue weighted by molar-refractivity contribution is 9.09. The molecule has 0 radical (unpaired) electrons. The zero-order valence-corrected chi connectivity index (χ0v) is 12.9. The van der Waals surface area contributed by atoms with Gasteiger partial charge in [0, 0.05) is 18.9 Å². The Hall–Kier alpha value is -0.390. The van der Waals surface area contributed by atoms with Gasteiger partial charge in [-0.15, -0.1) is 0 Å². The van der Waals surface area contributed by atoms with Gasteiger partial charge in [0.05, 0.1) is 4.90 Å². The number of sulfonamides is 1. The van der Waals surface area contributed by atoms with Crippen LogP contribution in [0.2, 0.25) is 0 Å². The molecule has 1 aromatic carbocycles. The van der Waals surface area contributed by atoms with E-state index < -0.39 is 10.0 Å². The van der Waals surface area contributed by atoms with E-state index in [1.54, 1.807) is 26.2 Å². The fourth-order valence-corrected chi connectivity index (χ4v) is 3.02. The summed E-state index contributed by atoms with van der Waals surface area (Å²) in [6.07, 6.45) is 0. The Morgan fingerprint density at radius 2 is 1.71 bits per heavy atom. The first-order chi connectivity index (χ1) is 7.78. The van der Waals surface area contributed by atoms with Crippen molar-refractivity contribution in [1.82, 2.24) is 4.31 Å². The molecule has 0 aliphatic heterocycles. The first kappa shape index (κ1) is 14.7. The number of halogens is 1. The third-order valence-electron chi connectivity index (χ3n) is 2.86. The van der Waals surface area contributed by atoms with Gasteiger partial charge in [-0.1, -0.05) is 48.0 Å². The largest absolute Gasteiger partial charge is 0.242 e. The summed E-state index contributed by atoms with van der Waals surface area (Å²) < 4.78 is 25.6. The van der Waals surface area contributed by atoms with Crippen LogP contribution in [0, 0.1) is 0 Å². The topological polar surface area (TPSA) is 37.4 Å². The van der Waals surface area contributed by atoms with Crippen molar-refractivity contribution in [3.05, 3.63) is 29.8 Å². The molecular formula is C12H18BrNO2S. The lowest BCUT2D eigenvalue weighted by molar-refractivity contribution is 0.518. The molecule has 3 nitrogen and oxygen atoms in total. The van der Waals surface area contributed by atoms with Gasteiger partial charge in [0.15, 0.2) is 0 Å². The Labute approximate surface area is 112 Å². The Kier molecular flexibility index (Phi) is 4.75. The molecule has 17 heavy (non-hydrogen) atoms. The zero-order chi connectivity index (χ0) is 13.2. The van der Waals surface area contributed by atoms with Gasteiger partial charge in [0.2, 0.25) is 10.0 Å². The van der Waals surface area contributed by atoms with Gasteiger partial charge in [-0.3, -0.25) is 0 Å². The average Bonchev–Trinajstić information content (AvgIpc) is 2.27. The van der Waals surface area contributed by atoms with Gasteiger partial charge in [0.25, 0.3) is 0 Å². The van der Waals surface area contributed by atoms with Crippen LogP contribution in [-0.4, -0.2) is 31.6 Å². The van der Waals surface area contributed by atoms with Crippen LogP contribution in [0.1, 0.15) is 25.3 Å². The van der Waals surface area contributed by atoms with E-state index in [9.17, 15) is 8.42 Å². The molecule has 0 spiro atoms. The standard InChI is InChI=1S/C12H18BrNO2S/c1-9(10(2)13)11-7-5-6-8-12(11)17(15,16)14(3)4/h5-10H,1-4H3. The normalized spacial score (nSPS) is 15.9. The van der Waals surface area contributed by atoms with E-state index in [2.05, 4.69) is 15.9 Å². The van der Waals surface area contributed by atoms with E-state index >= 15 is 0 Å². The molecule has 96 valence electrons. The summed E-state index contributed by atoms with van der Waals surface area (Å²) in [7, 11) is -0.274. The predicted molar refractivity (Wildman–Crippen MR) is 74.1 cm³/mol. The second kappa shape index (κ2) is 5.50. The van der Waals surface area contributed by atoms with Crippen molar-refractivity contribution in [1.29, 1.82) is 0 Å². The SMILES string of the molecule is CC(Br)C(C)c1ccccc1S(=O)(=O)N(C)C. The molecule has 0 aromatic heterocycles. The number of alkyl halides is 1. The van der Waals surface area contributed by atoms with Crippen LogP contribution >= 0.6 is 15.9 Å². The van der Waals surface area contributed by atoms with Crippen LogP contribution < -0.4 is 0 Å². The Morgan fingerprint density at radius 3 is 2.18 bits per heavy atom. The van der Waals surface area contributed by atoms with E-state index in [1.807, 2.05) is 26.0 Å². The fourth-order valence-electron chi connectivity index (χ4n) is 1.54. The third kappa shape index (κ3) is 3.09. The summed E-state index contributed by atoms with van der Waals surface area (Å²) in [5.74, 6) is 0.140. The first-order valence-corrected chi connectivity index (χ1v) is 7.79. The van der Waals surface area contributed by atoms with Crippen LogP contribution in [0.15, 0.2) is 29.2 Å². The van der Waals surface area contributed by atoms with Crippen LogP contribution in [0.4, 0.5) is 0 Å². The van der Waals surface area contributed by atoms with Crippen molar-refractivity contribution in [2.45, 2.75) is 29.5 Å². The molecule has 2 atom stereocenters. The number of nitrogens with zero attached hydrogens (tertiary/aromatic N) is 1. The van der Waals surface area contributed by atoms with E-state index in [0.29, 0.717) is 4.90 Å². The molecule has 0 fully saturated rings. The van der Waals surface area contributed by atoms with Gasteiger partial charge in [-0.25, -0.2) is 12.7 Å². The summed E-state index contributed by atoms with van der Waals surface area (Å²) in [5.41, 5.74) is 0.852. The summed E-state index contributed by atoms with van der Waals surface area (Å²) in [6, 6.07) is 7.16. The highest BCUT2D eigenvalue weighted by atomic mass is 79.9. The van der Waals surface area contributed by atoms with E-state index in [1.165, 1.54) is 4.31 Å². The van der Waals surface area contributed by atoms with Gasteiger partial charge in [-0.2, -0.15) is 0 Å². The fraction of sp³-hybridized carbons (Fsp3) is 0.500. The molecule has 1 aromatic rings. The van der Waals surface area contributed by atoms with E-state index in [0.717, 1.165) is 5.56 Å². The molecule has 0 amide bonds. The molecule has 0 saturated heterocycles. The molecule has 2 unspecified atom stereocenters. The highest BCUT2D eigenvalue weighted by Gasteiger charge is 2.24. The summed E-state index contributed by atoms with van der Waals surface area (Å²) in [4.78, 5) is 0.616. The lowest BCUT2D eigenvalue weighted by atomic mass is 9.99. The lowest BCUT2D eigenvalue weighted by Gasteiger charge is -2.20. The minimum Gasteiger partial charge on any atom is -0.207 e. The molecule has 0 N–H and O–H groups in total. The molecule has 5 heteroatoms. The third-order valence-corrected chi connectivity index (χ3v) is 5.54. The summed E-state index contributed by atoms with van der Waals surface area (Å²) in [5, 5.41) is 0. The van der Waals surface area contributed by atoms with E-state index in [-0.39, 0.29) is 10.7 Å². The monoisotopic (exact) mass is 319 g/mol. The van der Waals surface area contributed by atoms with Crippen molar-refractivity contribution in [3.8, 4) is 0 Å². The zero-order valence-electron chi connectivity index (χ0n) is 10.5. The molecule has 1 rings (SSSR count). The van der Waals surface area contributed by atoms with Crippen molar-refractivity contribution >= 4 is 26.0 Å². The Balaban J connectivity index is 3.36. The molecule has 0 aliphatic rings. The summed E-state index contributed by atoms with van der Waals surface area (Å²) in [6.45, 7) is 4.03. The van der Waals surface area contributed by atoms with Gasteiger partial charge >= 0.3 is 0 Å². The first-order valence-electron chi connectivity index (χ1n) is 5.44. The average molecular weight is 320 g/mol. The smallest absolute Gasteiger partial charge is 0.207 e.